The Hall–Kier alpha value is -1.87. The van der Waals surface area contributed by atoms with E-state index in [9.17, 15) is 0 Å². The van der Waals surface area contributed by atoms with Crippen molar-refractivity contribution in [3.05, 3.63) is 129 Å². The molecule has 8 aromatic rings. The van der Waals surface area contributed by atoms with Crippen LogP contribution in [0.3, 0.4) is 0 Å². The highest BCUT2D eigenvalue weighted by molar-refractivity contribution is 7.29. The van der Waals surface area contributed by atoms with Crippen molar-refractivity contribution < 1.29 is 8.23 Å². The average molecular weight is 1420 g/mol. The molecule has 0 amide bonds. The van der Waals surface area contributed by atoms with E-state index in [0.717, 1.165) is 0 Å². The second kappa shape index (κ2) is 44.7. The molecule has 89 heavy (non-hydrogen) atoms. The minimum atomic E-state index is -1.37. The van der Waals surface area contributed by atoms with Gasteiger partial charge in [0.1, 0.15) is 0 Å². The van der Waals surface area contributed by atoms with Crippen LogP contribution in [0.2, 0.25) is 58.4 Å². The molecule has 0 spiro atoms. The fraction of sp³-hybridized carbons (Fsp3) is 0.547. The number of thiophene rings is 8. The number of unbranched alkanes of at least 4 members (excludes halogenated alkanes) is 21. The zero-order valence-corrected chi connectivity index (χ0v) is 67.0. The lowest BCUT2D eigenvalue weighted by Gasteiger charge is -2.25. The third-order valence-electron chi connectivity index (χ3n) is 15.7. The Bertz CT molecular complexity index is 3060. The molecule has 8 aromatic heterocycles. The molecular weight excluding hydrogens is 1300 g/mol. The minimum Gasteiger partial charge on any atom is -0.461 e. The molecule has 0 aliphatic rings. The largest absolute Gasteiger partial charge is 0.461 e. The first-order chi connectivity index (χ1) is 42.7. The molecule has 492 valence electrons. The van der Waals surface area contributed by atoms with Gasteiger partial charge in [0.05, 0.1) is 0 Å². The van der Waals surface area contributed by atoms with Crippen LogP contribution in [0.5, 0.6) is 0 Å². The molecule has 8 heterocycles. The van der Waals surface area contributed by atoms with Gasteiger partial charge in [-0.2, -0.15) is 0 Å². The summed E-state index contributed by atoms with van der Waals surface area (Å²) in [5.41, 5.74) is 0. The molecule has 0 saturated carbocycles. The number of hydrogen-bond acceptors (Lipinski definition) is 10. The first kappa shape index (κ1) is 77.8. The van der Waals surface area contributed by atoms with Gasteiger partial charge in [-0.1, -0.05) is 149 Å². The van der Waals surface area contributed by atoms with Gasteiger partial charge in [0.2, 0.25) is 0 Å². The van der Waals surface area contributed by atoms with Crippen LogP contribution in [0, 0.1) is 0 Å². The van der Waals surface area contributed by atoms with Crippen LogP contribution >= 0.6 is 90.7 Å². The van der Waals surface area contributed by atoms with Gasteiger partial charge in [0.15, 0.2) is 35.4 Å². The predicted octanol–water partition coefficient (Wildman–Crippen LogP) is 28.8. The molecule has 0 atom stereocenters. The molecule has 0 aliphatic heterocycles. The molecule has 0 radical (unpaired) electrons. The summed E-state index contributed by atoms with van der Waals surface area (Å²) in [4.78, 5) is 23.1. The van der Waals surface area contributed by atoms with Crippen molar-refractivity contribution in [2.24, 2.45) is 0 Å². The smallest absolute Gasteiger partial charge is 0.173 e. The lowest BCUT2D eigenvalue weighted by molar-refractivity contribution is 0.545. The van der Waals surface area contributed by atoms with Crippen molar-refractivity contribution in [3.8, 4) is 58.5 Å². The van der Waals surface area contributed by atoms with E-state index in [1.165, 1.54) is 265 Å². The molecule has 8 rings (SSSR count). The van der Waals surface area contributed by atoms with E-state index >= 15 is 0 Å². The quantitative estimate of drug-likeness (QED) is 0.0216. The van der Waals surface area contributed by atoms with Gasteiger partial charge in [0.25, 0.3) is 0 Å². The van der Waals surface area contributed by atoms with E-state index in [4.69, 9.17) is 8.23 Å². The molecular formula is C75H116O2S8Si4. The second-order valence-electron chi connectivity index (χ2n) is 25.5. The first-order valence-electron chi connectivity index (χ1n) is 34.4. The Morgan fingerprint density at radius 3 is 0.809 bits per heavy atom. The third kappa shape index (κ3) is 30.6. The van der Waals surface area contributed by atoms with Gasteiger partial charge in [-0.25, -0.2) is 0 Å². The van der Waals surface area contributed by atoms with Crippen molar-refractivity contribution in [2.45, 2.75) is 266 Å². The normalized spacial score (nSPS) is 11.6. The Labute approximate surface area is 582 Å². The Balaban J connectivity index is 0.000000292. The summed E-state index contributed by atoms with van der Waals surface area (Å²) in [5, 5.41) is 0. The molecule has 0 saturated heterocycles. The maximum Gasteiger partial charge on any atom is 0.173 e. The van der Waals surface area contributed by atoms with Crippen LogP contribution in [0.4, 0.5) is 0 Å². The lowest BCUT2D eigenvalue weighted by Crippen LogP contribution is -2.34. The van der Waals surface area contributed by atoms with Crippen molar-refractivity contribution in [1.82, 2.24) is 0 Å². The lowest BCUT2D eigenvalue weighted by atomic mass is 10.1. The molecule has 0 aliphatic carbocycles. The maximum absolute atomic E-state index is 6.30. The highest BCUT2D eigenvalue weighted by Gasteiger charge is 2.23. The van der Waals surface area contributed by atoms with Crippen LogP contribution in [0.15, 0.2) is 110 Å². The minimum absolute atomic E-state index is 0. The van der Waals surface area contributed by atoms with Crippen LogP contribution in [0.1, 0.15) is 201 Å². The SMILES string of the molecule is C.C=CCCCCCCCCCc1ccc(-c2ccc(-c3ccc(-c4ccc(CCCCCC)s4)s3)s2)s1.CCCCCCc1ccc(-c2ccc(-c3ccc(-c4ccc(CCCCCCCCCCC[Si](C)(C)O[SiH](C)C)s4)s3)s2)s1.C[SiH](C)O[SiH](C)C. The highest BCUT2D eigenvalue weighted by Crippen LogP contribution is 2.45. The zero-order valence-electron chi connectivity index (χ0n) is 56.0. The number of allylic oxidation sites excluding steroid dienone is 1. The summed E-state index contributed by atoms with van der Waals surface area (Å²) in [5.74, 6) is 0. The molecule has 0 aromatic carbocycles. The highest BCUT2D eigenvalue weighted by atomic mass is 32.1. The first-order valence-corrected chi connectivity index (χ1v) is 52.4. The van der Waals surface area contributed by atoms with E-state index < -0.39 is 35.4 Å². The third-order valence-corrected chi connectivity index (χ3v) is 36.2. The number of hydrogen-bond donors (Lipinski definition) is 0. The number of aryl methyl sites for hydroxylation is 4. The second-order valence-corrected chi connectivity index (χ2v) is 46.8. The van der Waals surface area contributed by atoms with Gasteiger partial charge in [-0.3, -0.25) is 0 Å². The number of rotatable bonds is 42. The van der Waals surface area contributed by atoms with Crippen molar-refractivity contribution >= 4 is 126 Å². The van der Waals surface area contributed by atoms with Crippen molar-refractivity contribution in [3.63, 3.8) is 0 Å². The molecule has 14 heteroatoms. The van der Waals surface area contributed by atoms with E-state index in [-0.39, 0.29) is 7.43 Å². The van der Waals surface area contributed by atoms with Crippen molar-refractivity contribution in [1.29, 1.82) is 0 Å². The van der Waals surface area contributed by atoms with Gasteiger partial charge in [-0.05, 0) is 220 Å². The molecule has 0 N–H and O–H groups in total. The average Bonchev–Trinajstić information content (AvgIpc) is 1.80. The van der Waals surface area contributed by atoms with Crippen molar-refractivity contribution in [2.75, 3.05) is 0 Å². The molecule has 2 nitrogen and oxygen atoms in total. The summed E-state index contributed by atoms with van der Waals surface area (Å²) in [6.45, 7) is 26.7. The molecule has 0 fully saturated rings. The van der Waals surface area contributed by atoms with Gasteiger partial charge in [-0.15, -0.1) is 97.3 Å². The Kier molecular flexibility index (Phi) is 39.1. The summed E-state index contributed by atoms with van der Waals surface area (Å²) < 4.78 is 11.8. The summed E-state index contributed by atoms with van der Waals surface area (Å²) in [6.07, 6.45) is 40.9. The van der Waals surface area contributed by atoms with Crippen LogP contribution < -0.4 is 0 Å². The molecule has 0 unspecified atom stereocenters. The monoisotopic (exact) mass is 1420 g/mol. The van der Waals surface area contributed by atoms with Gasteiger partial charge >= 0.3 is 0 Å². The maximum atomic E-state index is 6.30. The van der Waals surface area contributed by atoms with Crippen LogP contribution in [-0.4, -0.2) is 35.4 Å². The molecule has 0 bridgehead atoms. The summed E-state index contributed by atoms with van der Waals surface area (Å²) >= 11 is 15.7. The summed E-state index contributed by atoms with van der Waals surface area (Å²) in [6, 6.07) is 38.7. The van der Waals surface area contributed by atoms with Crippen LogP contribution in [-0.2, 0) is 33.9 Å². The predicted molar refractivity (Wildman–Crippen MR) is 428 cm³/mol. The van der Waals surface area contributed by atoms with Crippen LogP contribution in [0.25, 0.3) is 58.5 Å². The standard InChI is InChI=1S/C37H56OS4Si2.C33H42S4.C4H14OSi2.CH4/c1-6-7-8-16-19-30-21-23-32(39-30)34-25-27-36(41-34)37-28-26-35(42-37)33-24-22-31(40-33)20-17-14-12-10-9-11-13-15-18-29-44(4,5)38-43(2)3;1-3-5-7-9-10-11-12-13-15-17-27-19-21-29(35-27)31-23-25-33(37-31)32-24-22-30(36-32)28-20-18-26(34-28)16-14-8-6-4-2;1-6(2)5-7(3)4;/h21-28,43H,6-20,29H2,1-5H3;3,18-25H,1,4-17H2,2H3;6-7H,1-4H3;1H4. The topological polar surface area (TPSA) is 18.5 Å². The van der Waals surface area contributed by atoms with E-state index in [1.807, 2.05) is 96.8 Å². The van der Waals surface area contributed by atoms with Gasteiger partial charge in [0, 0.05) is 78.0 Å². The Morgan fingerprint density at radius 1 is 0.326 bits per heavy atom. The van der Waals surface area contributed by atoms with E-state index in [0.29, 0.717) is 0 Å². The zero-order chi connectivity index (χ0) is 62.8. The van der Waals surface area contributed by atoms with Gasteiger partial charge < -0.3 is 8.23 Å². The fourth-order valence-corrected chi connectivity index (χ4v) is 31.0. The van der Waals surface area contributed by atoms with E-state index in [1.54, 1.807) is 4.88 Å². The Morgan fingerprint density at radius 2 is 0.562 bits per heavy atom. The summed E-state index contributed by atoms with van der Waals surface area (Å²) in [7, 11) is -3.57. The fourth-order valence-electron chi connectivity index (χ4n) is 11.2. The van der Waals surface area contributed by atoms with E-state index in [2.05, 4.69) is 170 Å².